The average Bonchev–Trinajstić information content (AvgIpc) is 2.47. The molecule has 0 aromatic heterocycles. The summed E-state index contributed by atoms with van der Waals surface area (Å²) in [5.74, 6) is -0.0872. The van der Waals surface area contributed by atoms with Crippen LogP contribution in [0, 0.1) is 0 Å². The zero-order valence-electron chi connectivity index (χ0n) is 12.0. The summed E-state index contributed by atoms with van der Waals surface area (Å²) in [6.45, 7) is 3.24. The van der Waals surface area contributed by atoms with E-state index < -0.39 is 6.04 Å². The Kier molecular flexibility index (Phi) is 5.11. The lowest BCUT2D eigenvalue weighted by atomic mass is 10.0. The number of hydrogen-bond acceptors (Lipinski definition) is 4. The summed E-state index contributed by atoms with van der Waals surface area (Å²) in [6, 6.07) is 9.19. The highest BCUT2D eigenvalue weighted by atomic mass is 16.5. The molecule has 1 fully saturated rings. The van der Waals surface area contributed by atoms with Crippen LogP contribution in [-0.4, -0.2) is 49.8 Å². The van der Waals surface area contributed by atoms with Gasteiger partial charge in [-0.3, -0.25) is 4.79 Å². The topological polar surface area (TPSA) is 64.8 Å². The van der Waals surface area contributed by atoms with Crippen molar-refractivity contribution in [3.8, 4) is 0 Å². The van der Waals surface area contributed by atoms with Crippen LogP contribution in [0.15, 0.2) is 30.3 Å². The fourth-order valence-corrected chi connectivity index (χ4v) is 2.46. The Balaban J connectivity index is 2.18. The predicted octanol–water partition coefficient (Wildman–Crippen LogP) is 0.949. The molecule has 1 aromatic carbocycles. The van der Waals surface area contributed by atoms with Crippen LogP contribution in [-0.2, 0) is 14.3 Å². The number of amides is 1. The molecule has 5 nitrogen and oxygen atoms in total. The van der Waals surface area contributed by atoms with Gasteiger partial charge < -0.3 is 20.1 Å². The van der Waals surface area contributed by atoms with E-state index >= 15 is 0 Å². The van der Waals surface area contributed by atoms with Gasteiger partial charge in [0.25, 0.3) is 0 Å². The number of carbonyl (C=O) groups excluding carboxylic acids is 1. The van der Waals surface area contributed by atoms with Crippen molar-refractivity contribution in [2.24, 2.45) is 5.73 Å². The first-order valence-corrected chi connectivity index (χ1v) is 6.85. The number of nitrogens with zero attached hydrogens (tertiary/aromatic N) is 1. The van der Waals surface area contributed by atoms with Gasteiger partial charge in [0.15, 0.2) is 0 Å². The molecule has 2 N–H and O–H groups in total. The van der Waals surface area contributed by atoms with Gasteiger partial charge in [-0.2, -0.15) is 0 Å². The van der Waals surface area contributed by atoms with Crippen molar-refractivity contribution in [3.05, 3.63) is 35.9 Å². The van der Waals surface area contributed by atoms with Gasteiger partial charge in [-0.15, -0.1) is 0 Å². The molecule has 3 atom stereocenters. The molecule has 5 heteroatoms. The van der Waals surface area contributed by atoms with Crippen molar-refractivity contribution in [3.63, 3.8) is 0 Å². The minimum atomic E-state index is -0.628. The van der Waals surface area contributed by atoms with E-state index in [1.807, 2.05) is 42.2 Å². The fraction of sp³-hybridized carbons (Fsp3) is 0.533. The fourth-order valence-electron chi connectivity index (χ4n) is 2.46. The molecule has 1 amide bonds. The minimum Gasteiger partial charge on any atom is -0.383 e. The highest BCUT2D eigenvalue weighted by molar-refractivity contribution is 5.82. The lowest BCUT2D eigenvalue weighted by Gasteiger charge is -2.40. The summed E-state index contributed by atoms with van der Waals surface area (Å²) in [5, 5.41) is 0. The molecule has 3 unspecified atom stereocenters. The molecule has 1 aliphatic heterocycles. The molecule has 1 aliphatic rings. The van der Waals surface area contributed by atoms with Crippen molar-refractivity contribution < 1.29 is 14.3 Å². The molecule has 1 saturated heterocycles. The van der Waals surface area contributed by atoms with Gasteiger partial charge in [0.05, 0.1) is 25.4 Å². The molecule has 0 aliphatic carbocycles. The summed E-state index contributed by atoms with van der Waals surface area (Å²) in [5.41, 5.74) is 6.95. The Bertz CT molecular complexity index is 438. The van der Waals surface area contributed by atoms with Crippen molar-refractivity contribution in [2.75, 3.05) is 26.9 Å². The average molecular weight is 278 g/mol. The van der Waals surface area contributed by atoms with Crippen molar-refractivity contribution >= 4 is 5.91 Å². The Morgan fingerprint density at radius 2 is 2.20 bits per heavy atom. The monoisotopic (exact) mass is 278 g/mol. The van der Waals surface area contributed by atoms with E-state index in [0.717, 1.165) is 5.56 Å². The summed E-state index contributed by atoms with van der Waals surface area (Å²) in [7, 11) is 1.55. The summed E-state index contributed by atoms with van der Waals surface area (Å²) in [4.78, 5) is 14.3. The van der Waals surface area contributed by atoms with E-state index in [9.17, 15) is 4.79 Å². The molecule has 20 heavy (non-hydrogen) atoms. The second-order valence-corrected chi connectivity index (χ2v) is 5.12. The molecule has 110 valence electrons. The first-order valence-electron chi connectivity index (χ1n) is 6.85. The Morgan fingerprint density at radius 1 is 1.50 bits per heavy atom. The molecule has 0 saturated carbocycles. The third kappa shape index (κ3) is 3.36. The zero-order chi connectivity index (χ0) is 14.5. The van der Waals surface area contributed by atoms with Gasteiger partial charge in [0.2, 0.25) is 5.91 Å². The van der Waals surface area contributed by atoms with Gasteiger partial charge in [-0.1, -0.05) is 30.3 Å². The van der Waals surface area contributed by atoms with Gasteiger partial charge >= 0.3 is 0 Å². The van der Waals surface area contributed by atoms with E-state index in [-0.39, 0.29) is 24.7 Å². The van der Waals surface area contributed by atoms with Crippen LogP contribution in [0.25, 0.3) is 0 Å². The van der Waals surface area contributed by atoms with Crippen molar-refractivity contribution in [1.29, 1.82) is 0 Å². The third-order valence-corrected chi connectivity index (χ3v) is 3.50. The number of rotatable bonds is 4. The number of benzene rings is 1. The normalized spacial score (nSPS) is 24.4. The first kappa shape index (κ1) is 15.0. The van der Waals surface area contributed by atoms with Crippen LogP contribution >= 0.6 is 0 Å². The van der Waals surface area contributed by atoms with E-state index in [1.165, 1.54) is 0 Å². The number of hydrogen-bond donors (Lipinski definition) is 1. The summed E-state index contributed by atoms with van der Waals surface area (Å²) in [6.07, 6.45) is 0.0219. The lowest BCUT2D eigenvalue weighted by molar-refractivity contribution is -0.147. The van der Waals surface area contributed by atoms with Gasteiger partial charge in [0.1, 0.15) is 6.04 Å². The minimum absolute atomic E-state index is 0.0219. The Labute approximate surface area is 119 Å². The number of morpholine rings is 1. The molecular formula is C15H22N2O3. The predicted molar refractivity (Wildman–Crippen MR) is 76.2 cm³/mol. The van der Waals surface area contributed by atoms with Crippen LogP contribution in [0.2, 0.25) is 0 Å². The van der Waals surface area contributed by atoms with E-state index in [0.29, 0.717) is 13.2 Å². The highest BCUT2D eigenvalue weighted by Gasteiger charge is 2.33. The highest BCUT2D eigenvalue weighted by Crippen LogP contribution is 2.26. The number of nitrogens with two attached hydrogens (primary N) is 1. The molecular weight excluding hydrogens is 256 g/mol. The van der Waals surface area contributed by atoms with Crippen LogP contribution < -0.4 is 5.73 Å². The summed E-state index contributed by atoms with van der Waals surface area (Å²) < 4.78 is 10.7. The maximum atomic E-state index is 12.5. The molecule has 2 rings (SSSR count). The van der Waals surface area contributed by atoms with Crippen LogP contribution in [0.3, 0.4) is 0 Å². The van der Waals surface area contributed by atoms with Crippen LogP contribution in [0.5, 0.6) is 0 Å². The van der Waals surface area contributed by atoms with Crippen LogP contribution in [0.1, 0.15) is 18.5 Å². The Morgan fingerprint density at radius 3 is 2.85 bits per heavy atom. The quantitative estimate of drug-likeness (QED) is 0.890. The van der Waals surface area contributed by atoms with Crippen LogP contribution in [0.4, 0.5) is 0 Å². The smallest absolute Gasteiger partial charge is 0.242 e. The third-order valence-electron chi connectivity index (χ3n) is 3.50. The van der Waals surface area contributed by atoms with E-state index in [1.54, 1.807) is 7.11 Å². The number of methoxy groups -OCH3 is 1. The molecule has 1 aromatic rings. The van der Waals surface area contributed by atoms with Crippen molar-refractivity contribution in [2.45, 2.75) is 25.1 Å². The maximum Gasteiger partial charge on any atom is 0.242 e. The maximum absolute atomic E-state index is 12.5. The van der Waals surface area contributed by atoms with E-state index in [4.69, 9.17) is 15.2 Å². The molecule has 0 radical (unpaired) electrons. The SMILES string of the molecule is COCC(N)C(=O)N1CC(C)OCC1c1ccccc1. The number of ether oxygens (including phenoxy) is 2. The Hall–Kier alpha value is -1.43. The first-order chi connectivity index (χ1) is 9.63. The summed E-state index contributed by atoms with van der Waals surface area (Å²) >= 11 is 0. The molecule has 0 spiro atoms. The van der Waals surface area contributed by atoms with Gasteiger partial charge in [-0.25, -0.2) is 0 Å². The second kappa shape index (κ2) is 6.83. The standard InChI is InChI=1S/C15H22N2O3/c1-11-8-17(15(18)13(16)9-19-2)14(10-20-11)12-6-4-3-5-7-12/h3-7,11,13-14H,8-10,16H2,1-2H3. The lowest BCUT2D eigenvalue weighted by Crippen LogP contribution is -2.53. The van der Waals surface area contributed by atoms with Gasteiger partial charge in [0, 0.05) is 13.7 Å². The second-order valence-electron chi connectivity index (χ2n) is 5.12. The van der Waals surface area contributed by atoms with E-state index in [2.05, 4.69) is 0 Å². The zero-order valence-corrected chi connectivity index (χ0v) is 12.0. The van der Waals surface area contributed by atoms with Crippen molar-refractivity contribution in [1.82, 2.24) is 4.90 Å². The largest absolute Gasteiger partial charge is 0.383 e. The number of carbonyl (C=O) groups is 1. The molecule has 1 heterocycles. The molecule has 0 bridgehead atoms. The van der Waals surface area contributed by atoms with Gasteiger partial charge in [-0.05, 0) is 12.5 Å².